The van der Waals surface area contributed by atoms with Crippen molar-refractivity contribution in [2.75, 3.05) is 0 Å². The van der Waals surface area contributed by atoms with Gasteiger partial charge in [0.2, 0.25) is 0 Å². The van der Waals surface area contributed by atoms with Crippen LogP contribution in [0.2, 0.25) is 0 Å². The second-order valence-corrected chi connectivity index (χ2v) is 3.96. The average molecular weight is 212 g/mol. The van der Waals surface area contributed by atoms with Crippen LogP contribution in [0.3, 0.4) is 0 Å². The van der Waals surface area contributed by atoms with Crippen LogP contribution in [0, 0.1) is 6.92 Å². The predicted octanol–water partition coefficient (Wildman–Crippen LogP) is 3.03. The first kappa shape index (κ1) is 7.29. The van der Waals surface area contributed by atoms with Crippen molar-refractivity contribution in [3.8, 4) is 0 Å². The lowest BCUT2D eigenvalue weighted by atomic mass is 10.1. The number of halogens is 1. The highest BCUT2D eigenvalue weighted by Gasteiger charge is 2.25. The van der Waals surface area contributed by atoms with Crippen molar-refractivity contribution in [1.29, 1.82) is 0 Å². The van der Waals surface area contributed by atoms with Crippen LogP contribution in [0.25, 0.3) is 0 Å². The lowest BCUT2D eigenvalue weighted by Crippen LogP contribution is -1.88. The molecule has 0 saturated heterocycles. The maximum absolute atomic E-state index is 4.16. The van der Waals surface area contributed by atoms with E-state index in [-0.39, 0.29) is 0 Å². The van der Waals surface area contributed by atoms with E-state index in [0.717, 1.165) is 10.4 Å². The van der Waals surface area contributed by atoms with Crippen LogP contribution in [0.4, 0.5) is 0 Å². The van der Waals surface area contributed by atoms with Crippen LogP contribution in [-0.4, -0.2) is 4.98 Å². The van der Waals surface area contributed by atoms with Crippen molar-refractivity contribution in [3.05, 3.63) is 28.0 Å². The number of hydrogen-bond acceptors (Lipinski definition) is 1. The second kappa shape index (κ2) is 2.59. The van der Waals surface area contributed by atoms with Gasteiger partial charge in [-0.15, -0.1) is 0 Å². The number of pyridine rings is 1. The molecule has 1 aliphatic carbocycles. The second-order valence-electron chi connectivity index (χ2n) is 3.11. The maximum Gasteiger partial charge on any atom is 0.0413 e. The third kappa shape index (κ3) is 1.32. The van der Waals surface area contributed by atoms with E-state index < -0.39 is 0 Å². The molecule has 0 amide bonds. The van der Waals surface area contributed by atoms with E-state index in [1.165, 1.54) is 24.0 Å². The number of nitrogens with zero attached hydrogens (tertiary/aromatic N) is 1. The van der Waals surface area contributed by atoms with Gasteiger partial charge in [-0.3, -0.25) is 4.98 Å². The minimum absolute atomic E-state index is 0.806. The highest BCUT2D eigenvalue weighted by atomic mass is 79.9. The van der Waals surface area contributed by atoms with Crippen LogP contribution in [-0.2, 0) is 0 Å². The minimum atomic E-state index is 0.806. The number of hydrogen-bond donors (Lipinski definition) is 0. The zero-order chi connectivity index (χ0) is 7.84. The van der Waals surface area contributed by atoms with Crippen molar-refractivity contribution < 1.29 is 0 Å². The lowest BCUT2D eigenvalue weighted by molar-refractivity contribution is 1.05. The standard InChI is InChI=1S/C9H10BrN/c1-6-8(7-2-3-7)4-11-5-9(6)10/h4-5,7H,2-3H2,1H3. The van der Waals surface area contributed by atoms with Gasteiger partial charge in [-0.25, -0.2) is 0 Å². The van der Waals surface area contributed by atoms with Crippen LogP contribution < -0.4 is 0 Å². The van der Waals surface area contributed by atoms with Gasteiger partial charge in [0.15, 0.2) is 0 Å². The molecule has 58 valence electrons. The first-order chi connectivity index (χ1) is 5.29. The Bertz CT molecular complexity index is 279. The van der Waals surface area contributed by atoms with E-state index in [2.05, 4.69) is 27.8 Å². The lowest BCUT2D eigenvalue weighted by Gasteiger charge is -2.03. The summed E-state index contributed by atoms with van der Waals surface area (Å²) in [6.07, 6.45) is 6.55. The third-order valence-corrected chi connectivity index (χ3v) is 3.01. The summed E-state index contributed by atoms with van der Waals surface area (Å²) >= 11 is 3.48. The third-order valence-electron chi connectivity index (χ3n) is 2.21. The molecule has 0 aliphatic heterocycles. The molecule has 0 unspecified atom stereocenters. The topological polar surface area (TPSA) is 12.9 Å². The highest BCUT2D eigenvalue weighted by molar-refractivity contribution is 9.10. The van der Waals surface area contributed by atoms with Gasteiger partial charge in [-0.2, -0.15) is 0 Å². The Morgan fingerprint density at radius 2 is 2.18 bits per heavy atom. The zero-order valence-corrected chi connectivity index (χ0v) is 8.06. The summed E-state index contributed by atoms with van der Waals surface area (Å²) in [6.45, 7) is 2.15. The summed E-state index contributed by atoms with van der Waals surface area (Å²) in [5, 5.41) is 0. The Labute approximate surface area is 75.0 Å². The van der Waals surface area contributed by atoms with Crippen LogP contribution in [0.15, 0.2) is 16.9 Å². The Balaban J connectivity index is 2.45. The van der Waals surface area contributed by atoms with Gasteiger partial charge in [0.1, 0.15) is 0 Å². The molecule has 1 aromatic rings. The first-order valence-corrected chi connectivity index (χ1v) is 4.68. The fraction of sp³-hybridized carbons (Fsp3) is 0.444. The van der Waals surface area contributed by atoms with Crippen molar-refractivity contribution in [2.45, 2.75) is 25.7 Å². The smallest absolute Gasteiger partial charge is 0.0413 e. The molecule has 1 saturated carbocycles. The van der Waals surface area contributed by atoms with Crippen molar-refractivity contribution >= 4 is 15.9 Å². The summed E-state index contributed by atoms with van der Waals surface area (Å²) in [6, 6.07) is 0. The first-order valence-electron chi connectivity index (χ1n) is 3.89. The summed E-state index contributed by atoms with van der Waals surface area (Å²) in [5.41, 5.74) is 2.79. The monoisotopic (exact) mass is 211 g/mol. The Morgan fingerprint density at radius 1 is 1.45 bits per heavy atom. The predicted molar refractivity (Wildman–Crippen MR) is 48.6 cm³/mol. The van der Waals surface area contributed by atoms with Crippen molar-refractivity contribution in [1.82, 2.24) is 4.98 Å². The quantitative estimate of drug-likeness (QED) is 0.697. The van der Waals surface area contributed by atoms with Gasteiger partial charge in [0, 0.05) is 16.9 Å². The molecule has 1 fully saturated rings. The van der Waals surface area contributed by atoms with Gasteiger partial charge >= 0.3 is 0 Å². The van der Waals surface area contributed by atoms with Crippen molar-refractivity contribution in [2.24, 2.45) is 0 Å². The van der Waals surface area contributed by atoms with Gasteiger partial charge < -0.3 is 0 Å². The summed E-state index contributed by atoms with van der Waals surface area (Å²) in [4.78, 5) is 4.16. The van der Waals surface area contributed by atoms with E-state index >= 15 is 0 Å². The normalized spacial score (nSPS) is 16.9. The molecular formula is C9H10BrN. The maximum atomic E-state index is 4.16. The summed E-state index contributed by atoms with van der Waals surface area (Å²) in [5.74, 6) is 0.806. The van der Waals surface area contributed by atoms with E-state index in [0.29, 0.717) is 0 Å². The average Bonchev–Trinajstić information content (AvgIpc) is 2.77. The molecule has 1 aliphatic rings. The van der Waals surface area contributed by atoms with E-state index in [9.17, 15) is 0 Å². The minimum Gasteiger partial charge on any atom is -0.263 e. The molecule has 0 bridgehead atoms. The molecule has 0 N–H and O–H groups in total. The molecule has 1 nitrogen and oxygen atoms in total. The molecule has 1 heterocycles. The Morgan fingerprint density at radius 3 is 2.82 bits per heavy atom. The largest absolute Gasteiger partial charge is 0.263 e. The fourth-order valence-electron chi connectivity index (χ4n) is 1.32. The van der Waals surface area contributed by atoms with Gasteiger partial charge in [-0.05, 0) is 52.7 Å². The van der Waals surface area contributed by atoms with Crippen LogP contribution >= 0.6 is 15.9 Å². The van der Waals surface area contributed by atoms with Gasteiger partial charge in [0.05, 0.1) is 0 Å². The van der Waals surface area contributed by atoms with Crippen LogP contribution in [0.1, 0.15) is 29.9 Å². The molecule has 1 aromatic heterocycles. The molecule has 0 radical (unpaired) electrons. The summed E-state index contributed by atoms with van der Waals surface area (Å²) < 4.78 is 1.14. The number of rotatable bonds is 1. The number of aromatic nitrogens is 1. The Hall–Kier alpha value is -0.370. The summed E-state index contributed by atoms with van der Waals surface area (Å²) in [7, 11) is 0. The fourth-order valence-corrected chi connectivity index (χ4v) is 1.67. The molecule has 2 rings (SSSR count). The molecule has 2 heteroatoms. The molecule has 11 heavy (non-hydrogen) atoms. The highest BCUT2D eigenvalue weighted by Crippen LogP contribution is 2.42. The van der Waals surface area contributed by atoms with E-state index in [1.807, 2.05) is 12.4 Å². The van der Waals surface area contributed by atoms with Crippen molar-refractivity contribution in [3.63, 3.8) is 0 Å². The Kier molecular flexibility index (Phi) is 1.72. The van der Waals surface area contributed by atoms with Gasteiger partial charge in [-0.1, -0.05) is 0 Å². The zero-order valence-electron chi connectivity index (χ0n) is 6.47. The van der Waals surface area contributed by atoms with Gasteiger partial charge in [0.25, 0.3) is 0 Å². The molecular weight excluding hydrogens is 202 g/mol. The SMILES string of the molecule is Cc1c(Br)cncc1C1CC1. The molecule has 0 spiro atoms. The molecule has 0 atom stereocenters. The molecule has 0 aromatic carbocycles. The van der Waals surface area contributed by atoms with E-state index in [1.54, 1.807) is 0 Å². The van der Waals surface area contributed by atoms with E-state index in [4.69, 9.17) is 0 Å². The van der Waals surface area contributed by atoms with Crippen LogP contribution in [0.5, 0.6) is 0 Å².